The van der Waals surface area contributed by atoms with Crippen LogP contribution in [0.15, 0.2) is 24.3 Å². The molecule has 0 N–H and O–H groups in total. The lowest BCUT2D eigenvalue weighted by Gasteiger charge is -2.22. The minimum Gasteiger partial charge on any atom is -0.399 e. The highest BCUT2D eigenvalue weighted by Gasteiger charge is 2.31. The average molecular weight is 273 g/mol. The Morgan fingerprint density at radius 3 is 2.33 bits per heavy atom. The van der Waals surface area contributed by atoms with Gasteiger partial charge in [-0.25, -0.2) is 0 Å². The second-order valence-electron chi connectivity index (χ2n) is 4.86. The van der Waals surface area contributed by atoms with Gasteiger partial charge in [0, 0.05) is 0 Å². The molecule has 0 heterocycles. The van der Waals surface area contributed by atoms with E-state index in [9.17, 15) is 13.2 Å². The molecule has 0 aliphatic heterocycles. The van der Waals surface area contributed by atoms with Crippen LogP contribution in [0.3, 0.4) is 0 Å². The van der Waals surface area contributed by atoms with Crippen LogP contribution in [0.4, 0.5) is 13.2 Å². The van der Waals surface area contributed by atoms with E-state index >= 15 is 0 Å². The fourth-order valence-electron chi connectivity index (χ4n) is 1.40. The van der Waals surface area contributed by atoms with Crippen molar-refractivity contribution < 1.29 is 17.6 Å². The second-order valence-corrected chi connectivity index (χ2v) is 9.32. The normalized spacial score (nSPS) is 14.1. The SMILES string of the molecule is C[Si](C)(C)OC(C#N)c1cccc(C(F)(F)F)c1. The topological polar surface area (TPSA) is 33.0 Å². The number of nitriles is 1. The van der Waals surface area contributed by atoms with Crippen LogP contribution in [0.1, 0.15) is 17.2 Å². The smallest absolute Gasteiger partial charge is 0.399 e. The van der Waals surface area contributed by atoms with Gasteiger partial charge in [0.05, 0.1) is 11.6 Å². The first-order valence-electron chi connectivity index (χ1n) is 5.38. The summed E-state index contributed by atoms with van der Waals surface area (Å²) in [5, 5.41) is 9.00. The van der Waals surface area contributed by atoms with Gasteiger partial charge in [0.1, 0.15) is 0 Å². The van der Waals surface area contributed by atoms with Crippen molar-refractivity contribution in [2.75, 3.05) is 0 Å². The Hall–Kier alpha value is -1.32. The molecule has 0 amide bonds. The van der Waals surface area contributed by atoms with Crippen molar-refractivity contribution >= 4 is 8.32 Å². The average Bonchev–Trinajstić information content (AvgIpc) is 2.23. The number of hydrogen-bond donors (Lipinski definition) is 0. The summed E-state index contributed by atoms with van der Waals surface area (Å²) in [6.45, 7) is 5.64. The van der Waals surface area contributed by atoms with Gasteiger partial charge in [0.25, 0.3) is 0 Å². The number of halogens is 3. The number of hydrogen-bond acceptors (Lipinski definition) is 2. The first kappa shape index (κ1) is 14.7. The van der Waals surface area contributed by atoms with Gasteiger partial charge in [-0.15, -0.1) is 0 Å². The number of benzene rings is 1. The molecule has 18 heavy (non-hydrogen) atoms. The van der Waals surface area contributed by atoms with Crippen molar-refractivity contribution in [2.24, 2.45) is 0 Å². The zero-order valence-corrected chi connectivity index (χ0v) is 11.4. The van der Waals surface area contributed by atoms with E-state index in [1.807, 2.05) is 25.7 Å². The van der Waals surface area contributed by atoms with Crippen LogP contribution < -0.4 is 0 Å². The summed E-state index contributed by atoms with van der Waals surface area (Å²) < 4.78 is 43.2. The summed E-state index contributed by atoms with van der Waals surface area (Å²) in [6, 6.07) is 6.61. The van der Waals surface area contributed by atoms with Crippen molar-refractivity contribution in [3.8, 4) is 6.07 Å². The molecular formula is C12H14F3NOSi. The molecule has 0 saturated heterocycles. The molecule has 1 aromatic rings. The van der Waals surface area contributed by atoms with Gasteiger partial charge >= 0.3 is 6.18 Å². The van der Waals surface area contributed by atoms with E-state index in [2.05, 4.69) is 0 Å². The van der Waals surface area contributed by atoms with E-state index in [-0.39, 0.29) is 5.56 Å². The highest BCUT2D eigenvalue weighted by atomic mass is 28.4. The van der Waals surface area contributed by atoms with Crippen molar-refractivity contribution in [3.05, 3.63) is 35.4 Å². The predicted octanol–water partition coefficient (Wildman–Crippen LogP) is 4.12. The minimum absolute atomic E-state index is 0.245. The monoisotopic (exact) mass is 273 g/mol. The molecule has 6 heteroatoms. The molecular weight excluding hydrogens is 259 g/mol. The third-order valence-electron chi connectivity index (χ3n) is 2.11. The maximum absolute atomic E-state index is 12.6. The summed E-state index contributed by atoms with van der Waals surface area (Å²) in [7, 11) is -1.99. The lowest BCUT2D eigenvalue weighted by molar-refractivity contribution is -0.137. The minimum atomic E-state index is -4.41. The first-order valence-corrected chi connectivity index (χ1v) is 8.79. The number of alkyl halides is 3. The molecule has 1 rings (SSSR count). The van der Waals surface area contributed by atoms with E-state index < -0.39 is 26.2 Å². The van der Waals surface area contributed by atoms with Crippen LogP contribution in [0.5, 0.6) is 0 Å². The van der Waals surface area contributed by atoms with Gasteiger partial charge in [-0.3, -0.25) is 0 Å². The van der Waals surface area contributed by atoms with Crippen LogP contribution in [-0.2, 0) is 10.6 Å². The zero-order chi connectivity index (χ0) is 14.0. The van der Waals surface area contributed by atoms with Crippen LogP contribution in [-0.4, -0.2) is 8.32 Å². The maximum Gasteiger partial charge on any atom is 0.416 e. The van der Waals surface area contributed by atoms with Gasteiger partial charge in [0.15, 0.2) is 14.4 Å². The highest BCUT2D eigenvalue weighted by molar-refractivity contribution is 6.69. The van der Waals surface area contributed by atoms with Crippen LogP contribution >= 0.6 is 0 Å². The van der Waals surface area contributed by atoms with Crippen LogP contribution in [0.2, 0.25) is 19.6 Å². The third-order valence-corrected chi connectivity index (χ3v) is 3.05. The summed E-state index contributed by atoms with van der Waals surface area (Å²) in [6.07, 6.45) is -5.35. The Bertz CT molecular complexity index is 460. The Morgan fingerprint density at radius 2 is 1.89 bits per heavy atom. The number of rotatable bonds is 3. The summed E-state index contributed by atoms with van der Waals surface area (Å²) in [4.78, 5) is 0. The van der Waals surface area contributed by atoms with Gasteiger partial charge in [-0.05, 0) is 37.3 Å². The van der Waals surface area contributed by atoms with Gasteiger partial charge < -0.3 is 4.43 Å². The molecule has 1 atom stereocenters. The Balaban J connectivity index is 3.06. The van der Waals surface area contributed by atoms with E-state index in [0.717, 1.165) is 12.1 Å². The van der Waals surface area contributed by atoms with E-state index in [0.29, 0.717) is 0 Å². The number of nitrogens with zero attached hydrogens (tertiary/aromatic N) is 1. The highest BCUT2D eigenvalue weighted by Crippen LogP contribution is 2.31. The van der Waals surface area contributed by atoms with Crippen molar-refractivity contribution in [1.29, 1.82) is 5.26 Å². The summed E-state index contributed by atoms with van der Waals surface area (Å²) in [5.41, 5.74) is -0.519. The standard InChI is InChI=1S/C12H14F3NOSi/c1-18(2,3)17-11(8-16)9-5-4-6-10(7-9)12(13,14)15/h4-7,11H,1-3H3. The fourth-order valence-corrected chi connectivity index (χ4v) is 2.30. The maximum atomic E-state index is 12.6. The summed E-state index contributed by atoms with van der Waals surface area (Å²) >= 11 is 0. The van der Waals surface area contributed by atoms with Crippen molar-refractivity contribution in [3.63, 3.8) is 0 Å². The molecule has 1 aromatic carbocycles. The third kappa shape index (κ3) is 4.16. The fraction of sp³-hybridized carbons (Fsp3) is 0.417. The Labute approximate surface area is 105 Å². The van der Waals surface area contributed by atoms with Gasteiger partial charge in [0.2, 0.25) is 0 Å². The quantitative estimate of drug-likeness (QED) is 0.776. The van der Waals surface area contributed by atoms with E-state index in [1.165, 1.54) is 12.1 Å². The molecule has 2 nitrogen and oxygen atoms in total. The van der Waals surface area contributed by atoms with E-state index in [4.69, 9.17) is 9.69 Å². The molecule has 98 valence electrons. The Kier molecular flexibility index (Phi) is 4.19. The molecule has 0 bridgehead atoms. The van der Waals surface area contributed by atoms with Crippen molar-refractivity contribution in [1.82, 2.24) is 0 Å². The molecule has 0 aliphatic carbocycles. The molecule has 0 aromatic heterocycles. The molecule has 1 unspecified atom stereocenters. The van der Waals surface area contributed by atoms with E-state index in [1.54, 1.807) is 0 Å². The lowest BCUT2D eigenvalue weighted by atomic mass is 10.1. The Morgan fingerprint density at radius 1 is 1.28 bits per heavy atom. The van der Waals surface area contributed by atoms with Gasteiger partial charge in [-0.2, -0.15) is 18.4 Å². The van der Waals surface area contributed by atoms with Crippen molar-refractivity contribution in [2.45, 2.75) is 31.9 Å². The zero-order valence-electron chi connectivity index (χ0n) is 10.4. The molecule has 0 aliphatic rings. The largest absolute Gasteiger partial charge is 0.416 e. The van der Waals surface area contributed by atoms with Crippen LogP contribution in [0.25, 0.3) is 0 Å². The molecule has 0 radical (unpaired) electrons. The lowest BCUT2D eigenvalue weighted by Crippen LogP contribution is -2.27. The van der Waals surface area contributed by atoms with Crippen LogP contribution in [0, 0.1) is 11.3 Å². The predicted molar refractivity (Wildman–Crippen MR) is 64.2 cm³/mol. The molecule has 0 saturated carbocycles. The van der Waals surface area contributed by atoms with Gasteiger partial charge in [-0.1, -0.05) is 12.1 Å². The molecule has 0 fully saturated rings. The molecule has 0 spiro atoms. The second kappa shape index (κ2) is 5.12. The summed E-state index contributed by atoms with van der Waals surface area (Å²) in [5.74, 6) is 0. The first-order chi connectivity index (χ1) is 8.13.